The van der Waals surface area contributed by atoms with Gasteiger partial charge in [-0.1, -0.05) is 30.3 Å². The van der Waals surface area contributed by atoms with Crippen LogP contribution in [0.2, 0.25) is 0 Å². The number of benzene rings is 2. The van der Waals surface area contributed by atoms with Gasteiger partial charge >= 0.3 is 11.9 Å². The van der Waals surface area contributed by atoms with Crippen molar-refractivity contribution < 1.29 is 29.3 Å². The molecule has 1 aliphatic rings. The van der Waals surface area contributed by atoms with E-state index in [-0.39, 0.29) is 23.5 Å². The first kappa shape index (κ1) is 20.3. The van der Waals surface area contributed by atoms with Gasteiger partial charge in [0.2, 0.25) is 0 Å². The number of rotatable bonds is 8. The van der Waals surface area contributed by atoms with Crippen molar-refractivity contribution in [2.24, 2.45) is 5.92 Å². The number of nitrogens with one attached hydrogen (secondary N) is 1. The molecule has 0 amide bonds. The van der Waals surface area contributed by atoms with Crippen molar-refractivity contribution in [3.8, 4) is 5.75 Å². The molecule has 2 unspecified atom stereocenters. The van der Waals surface area contributed by atoms with Gasteiger partial charge in [-0.15, -0.1) is 0 Å². The monoisotopic (exact) mass is 395 g/mol. The molecule has 0 saturated heterocycles. The van der Waals surface area contributed by atoms with E-state index in [2.05, 4.69) is 5.32 Å². The maximum absolute atomic E-state index is 12.1. The molecule has 0 fully saturated rings. The fraction of sp³-hybridized carbons (Fsp3) is 0.227. The summed E-state index contributed by atoms with van der Waals surface area (Å²) >= 11 is 0. The van der Waals surface area contributed by atoms with Crippen LogP contribution in [0.25, 0.3) is 0 Å². The normalized spacial score (nSPS) is 20.7. The Balaban J connectivity index is 2.19. The molecule has 2 aromatic carbocycles. The fourth-order valence-corrected chi connectivity index (χ4v) is 3.81. The highest BCUT2D eigenvalue weighted by Crippen LogP contribution is 2.54. The lowest BCUT2D eigenvalue weighted by atomic mass is 9.60. The second-order valence-electron chi connectivity index (χ2n) is 6.79. The van der Waals surface area contributed by atoms with Crippen LogP contribution in [0.1, 0.15) is 22.8 Å². The van der Waals surface area contributed by atoms with Gasteiger partial charge in [0.1, 0.15) is 5.75 Å². The topological polar surface area (TPSA) is 113 Å². The number of aliphatic carboxylic acids is 2. The van der Waals surface area contributed by atoms with Gasteiger partial charge in [0.15, 0.2) is 11.4 Å². The van der Waals surface area contributed by atoms with Gasteiger partial charge in [-0.3, -0.25) is 4.79 Å². The third-order valence-electron chi connectivity index (χ3n) is 5.07. The molecule has 0 aliphatic heterocycles. The molecule has 3 N–H and O–H groups in total. The lowest BCUT2D eigenvalue weighted by molar-refractivity contribution is -0.143. The first-order valence-electron chi connectivity index (χ1n) is 9.04. The van der Waals surface area contributed by atoms with Crippen LogP contribution in [-0.2, 0) is 15.2 Å². The summed E-state index contributed by atoms with van der Waals surface area (Å²) < 4.78 is 6.22. The summed E-state index contributed by atoms with van der Waals surface area (Å²) in [7, 11) is 1.66. The summed E-state index contributed by atoms with van der Waals surface area (Å²) in [6, 6.07) is 15.0. The van der Waals surface area contributed by atoms with Gasteiger partial charge in [0, 0.05) is 17.7 Å². The molecule has 29 heavy (non-hydrogen) atoms. The van der Waals surface area contributed by atoms with Crippen LogP contribution in [0, 0.1) is 5.92 Å². The second kappa shape index (κ2) is 7.89. The molecule has 1 aliphatic carbocycles. The Hall–Kier alpha value is -3.45. The van der Waals surface area contributed by atoms with E-state index in [1.807, 2.05) is 0 Å². The van der Waals surface area contributed by atoms with Crippen molar-refractivity contribution in [3.63, 3.8) is 0 Å². The standard InChI is InChI=1S/C22H21NO6/c1-13(24)14-8-10-16(11-9-14)29-22(15-6-4-3-5-7-15)17(12-23-2)18(20(25)26)19(22)21(27)28/h3-11,17,23H,12H2,1-2H3,(H,25,26)(H,27,28). The van der Waals surface area contributed by atoms with E-state index in [9.17, 15) is 24.6 Å². The lowest BCUT2D eigenvalue weighted by Gasteiger charge is -2.49. The van der Waals surface area contributed by atoms with Crippen molar-refractivity contribution in [3.05, 3.63) is 76.9 Å². The summed E-state index contributed by atoms with van der Waals surface area (Å²) in [5.74, 6) is -3.14. The maximum Gasteiger partial charge on any atom is 0.336 e. The van der Waals surface area contributed by atoms with E-state index in [0.29, 0.717) is 16.9 Å². The minimum Gasteiger partial charge on any atom is -0.478 e. The van der Waals surface area contributed by atoms with Crippen molar-refractivity contribution in [1.29, 1.82) is 0 Å². The van der Waals surface area contributed by atoms with Gasteiger partial charge in [-0.2, -0.15) is 0 Å². The van der Waals surface area contributed by atoms with Gasteiger partial charge in [0.05, 0.1) is 17.1 Å². The highest BCUT2D eigenvalue weighted by molar-refractivity contribution is 6.05. The first-order chi connectivity index (χ1) is 13.8. The van der Waals surface area contributed by atoms with E-state index in [1.54, 1.807) is 61.6 Å². The van der Waals surface area contributed by atoms with Crippen molar-refractivity contribution in [1.82, 2.24) is 5.32 Å². The molecule has 7 nitrogen and oxygen atoms in total. The first-order valence-corrected chi connectivity index (χ1v) is 9.04. The van der Waals surface area contributed by atoms with Crippen molar-refractivity contribution in [2.45, 2.75) is 12.5 Å². The number of ketones is 1. The quantitative estimate of drug-likeness (QED) is 0.589. The largest absolute Gasteiger partial charge is 0.478 e. The molecule has 0 radical (unpaired) electrons. The lowest BCUT2D eigenvalue weighted by Crippen LogP contribution is -2.58. The zero-order chi connectivity index (χ0) is 21.2. The summed E-state index contributed by atoms with van der Waals surface area (Å²) in [6.07, 6.45) is 0. The maximum atomic E-state index is 12.1. The van der Waals surface area contributed by atoms with Gasteiger partial charge in [0.25, 0.3) is 0 Å². The number of hydrogen-bond donors (Lipinski definition) is 3. The molecule has 0 heterocycles. The number of carbonyl (C=O) groups excluding carboxylic acids is 1. The number of hydrogen-bond acceptors (Lipinski definition) is 5. The number of carbonyl (C=O) groups is 3. The smallest absolute Gasteiger partial charge is 0.336 e. The SMILES string of the molecule is CNCC1C(C(=O)O)=C(C(=O)O)C1(Oc1ccc(C(C)=O)cc1)c1ccccc1. The predicted octanol–water partition coefficient (Wildman–Crippen LogP) is 2.48. The van der Waals surface area contributed by atoms with E-state index in [4.69, 9.17) is 4.74 Å². The Kier molecular flexibility index (Phi) is 5.52. The zero-order valence-corrected chi connectivity index (χ0v) is 16.0. The summed E-state index contributed by atoms with van der Waals surface area (Å²) in [5.41, 5.74) is -0.935. The molecule has 3 rings (SSSR count). The van der Waals surface area contributed by atoms with Gasteiger partial charge < -0.3 is 20.3 Å². The second-order valence-corrected chi connectivity index (χ2v) is 6.79. The Morgan fingerprint density at radius 2 is 1.62 bits per heavy atom. The fourth-order valence-electron chi connectivity index (χ4n) is 3.81. The molecular weight excluding hydrogens is 374 g/mol. The minimum atomic E-state index is -1.48. The minimum absolute atomic E-state index is 0.106. The molecule has 2 atom stereocenters. The Morgan fingerprint density at radius 1 is 1.00 bits per heavy atom. The molecular formula is C22H21NO6. The summed E-state index contributed by atoms with van der Waals surface area (Å²) in [4.78, 5) is 35.5. The number of carboxylic acids is 2. The summed E-state index contributed by atoms with van der Waals surface area (Å²) in [5, 5.41) is 22.4. The van der Waals surface area contributed by atoms with Crippen LogP contribution in [0.5, 0.6) is 5.75 Å². The van der Waals surface area contributed by atoms with Crippen LogP contribution in [0.3, 0.4) is 0 Å². The average molecular weight is 395 g/mol. The number of ether oxygens (including phenoxy) is 1. The predicted molar refractivity (Wildman–Crippen MR) is 105 cm³/mol. The van der Waals surface area contributed by atoms with Crippen molar-refractivity contribution in [2.75, 3.05) is 13.6 Å². The Morgan fingerprint density at radius 3 is 2.10 bits per heavy atom. The molecule has 2 aromatic rings. The Labute approximate surface area is 167 Å². The molecule has 0 spiro atoms. The summed E-state index contributed by atoms with van der Waals surface area (Å²) in [6.45, 7) is 1.65. The van der Waals surface area contributed by atoms with Gasteiger partial charge in [-0.05, 0) is 38.2 Å². The van der Waals surface area contributed by atoms with E-state index in [1.165, 1.54) is 6.92 Å². The zero-order valence-electron chi connectivity index (χ0n) is 16.0. The highest BCUT2D eigenvalue weighted by atomic mass is 16.5. The van der Waals surface area contributed by atoms with Crippen LogP contribution in [0.15, 0.2) is 65.7 Å². The van der Waals surface area contributed by atoms with E-state index >= 15 is 0 Å². The number of carboxylic acid groups (broad SMARTS) is 2. The van der Waals surface area contributed by atoms with E-state index < -0.39 is 23.5 Å². The molecule has 0 bridgehead atoms. The van der Waals surface area contributed by atoms with E-state index in [0.717, 1.165) is 0 Å². The van der Waals surface area contributed by atoms with Crippen LogP contribution < -0.4 is 10.1 Å². The van der Waals surface area contributed by atoms with Crippen LogP contribution >= 0.6 is 0 Å². The molecule has 0 aromatic heterocycles. The van der Waals surface area contributed by atoms with Crippen LogP contribution in [-0.4, -0.2) is 41.5 Å². The highest BCUT2D eigenvalue weighted by Gasteiger charge is 2.62. The third kappa shape index (κ3) is 3.40. The molecule has 150 valence electrons. The molecule has 0 saturated carbocycles. The molecule has 7 heteroatoms. The van der Waals surface area contributed by atoms with Gasteiger partial charge in [-0.25, -0.2) is 9.59 Å². The number of Topliss-reactive ketones (excluding diaryl/α,β-unsaturated/α-hetero) is 1. The average Bonchev–Trinajstić information content (AvgIpc) is 2.68. The Bertz CT molecular complexity index is 980. The van der Waals surface area contributed by atoms with Crippen molar-refractivity contribution >= 4 is 17.7 Å². The third-order valence-corrected chi connectivity index (χ3v) is 5.07. The van der Waals surface area contributed by atoms with Crippen LogP contribution in [0.4, 0.5) is 0 Å².